The van der Waals surface area contributed by atoms with Gasteiger partial charge in [-0.15, -0.1) is 0 Å². The van der Waals surface area contributed by atoms with Crippen molar-refractivity contribution in [1.29, 1.82) is 0 Å². The van der Waals surface area contributed by atoms with Gasteiger partial charge in [-0.25, -0.2) is 0 Å². The van der Waals surface area contributed by atoms with Crippen molar-refractivity contribution >= 4 is 0 Å². The summed E-state index contributed by atoms with van der Waals surface area (Å²) < 4.78 is 0. The number of rotatable bonds is 2. The monoisotopic (exact) mass is 208 g/mol. The predicted octanol–water partition coefficient (Wildman–Crippen LogP) is 2.17. The summed E-state index contributed by atoms with van der Waals surface area (Å²) in [6.45, 7) is 3.58. The lowest BCUT2D eigenvalue weighted by Crippen LogP contribution is -2.48. The first-order valence-electron chi connectivity index (χ1n) is 6.38. The summed E-state index contributed by atoms with van der Waals surface area (Å²) in [5.41, 5.74) is 0. The molecule has 3 unspecified atom stereocenters. The van der Waals surface area contributed by atoms with Gasteiger partial charge in [0, 0.05) is 18.1 Å². The molecule has 2 nitrogen and oxygen atoms in total. The summed E-state index contributed by atoms with van der Waals surface area (Å²) in [5.74, 6) is 0. The molecule has 0 saturated carbocycles. The molecule has 0 radical (unpaired) electrons. The molecule has 2 rings (SSSR count). The molecule has 1 aliphatic carbocycles. The van der Waals surface area contributed by atoms with Gasteiger partial charge in [0.15, 0.2) is 0 Å². The number of likely N-dealkylation sites (tertiary alicyclic amines) is 1. The second-order valence-corrected chi connectivity index (χ2v) is 5.18. The van der Waals surface area contributed by atoms with Crippen LogP contribution in [0.3, 0.4) is 0 Å². The molecule has 0 bridgehead atoms. The minimum Gasteiger partial charge on any atom is -0.308 e. The van der Waals surface area contributed by atoms with E-state index in [-0.39, 0.29) is 0 Å². The van der Waals surface area contributed by atoms with Crippen LogP contribution in [0.2, 0.25) is 0 Å². The molecule has 1 saturated heterocycles. The van der Waals surface area contributed by atoms with E-state index in [9.17, 15) is 0 Å². The molecule has 3 atom stereocenters. The summed E-state index contributed by atoms with van der Waals surface area (Å²) in [7, 11) is 2.24. The fourth-order valence-electron chi connectivity index (χ4n) is 2.69. The Morgan fingerprint density at radius 2 is 2.20 bits per heavy atom. The quantitative estimate of drug-likeness (QED) is 0.700. The van der Waals surface area contributed by atoms with E-state index in [4.69, 9.17) is 0 Å². The van der Waals surface area contributed by atoms with Crippen LogP contribution in [0.4, 0.5) is 0 Å². The van der Waals surface area contributed by atoms with E-state index < -0.39 is 0 Å². The smallest absolute Gasteiger partial charge is 0.0252 e. The van der Waals surface area contributed by atoms with Crippen molar-refractivity contribution in [3.8, 4) is 0 Å². The molecule has 0 aromatic rings. The lowest BCUT2D eigenvalue weighted by molar-refractivity contribution is 0.164. The topological polar surface area (TPSA) is 15.3 Å². The zero-order valence-corrected chi connectivity index (χ0v) is 10.1. The number of hydrogen-bond acceptors (Lipinski definition) is 2. The van der Waals surface area contributed by atoms with E-state index in [0.717, 1.165) is 12.1 Å². The minimum absolute atomic E-state index is 0.652. The Bertz CT molecular complexity index is 225. The van der Waals surface area contributed by atoms with Crippen molar-refractivity contribution in [3.05, 3.63) is 12.2 Å². The van der Waals surface area contributed by atoms with Gasteiger partial charge in [0.25, 0.3) is 0 Å². The fraction of sp³-hybridized carbons (Fsp3) is 0.846. The molecule has 0 aromatic carbocycles. The second kappa shape index (κ2) is 5.13. The number of nitrogens with zero attached hydrogens (tertiary/aromatic N) is 1. The summed E-state index contributed by atoms with van der Waals surface area (Å²) in [6, 6.07) is 2.13. The number of nitrogens with one attached hydrogen (secondary N) is 1. The van der Waals surface area contributed by atoms with Gasteiger partial charge in [-0.2, -0.15) is 0 Å². The molecule has 1 N–H and O–H groups in total. The lowest BCUT2D eigenvalue weighted by atomic mass is 9.96. The summed E-state index contributed by atoms with van der Waals surface area (Å²) in [5, 5.41) is 3.80. The van der Waals surface area contributed by atoms with Crippen LogP contribution in [0.1, 0.15) is 39.0 Å². The SMILES string of the molecule is CC1CC(NC2C=CCCC2)CCN1C. The maximum absolute atomic E-state index is 3.80. The summed E-state index contributed by atoms with van der Waals surface area (Å²) in [4.78, 5) is 2.47. The van der Waals surface area contributed by atoms with E-state index in [2.05, 4.69) is 36.3 Å². The molecule has 0 spiro atoms. The highest BCUT2D eigenvalue weighted by molar-refractivity contribution is 4.99. The number of hydrogen-bond donors (Lipinski definition) is 1. The Hall–Kier alpha value is -0.340. The average Bonchev–Trinajstić information content (AvgIpc) is 2.25. The number of allylic oxidation sites excluding steroid dienone is 1. The molecule has 15 heavy (non-hydrogen) atoms. The first-order chi connectivity index (χ1) is 7.25. The van der Waals surface area contributed by atoms with Gasteiger partial charge in [-0.05, 0) is 52.6 Å². The zero-order valence-electron chi connectivity index (χ0n) is 10.1. The van der Waals surface area contributed by atoms with Crippen LogP contribution in [-0.2, 0) is 0 Å². The lowest BCUT2D eigenvalue weighted by Gasteiger charge is -2.37. The van der Waals surface area contributed by atoms with Crippen LogP contribution in [0.5, 0.6) is 0 Å². The average molecular weight is 208 g/mol. The number of piperidine rings is 1. The molecule has 0 aromatic heterocycles. The first kappa shape index (κ1) is 11.2. The fourth-order valence-corrected chi connectivity index (χ4v) is 2.69. The molecule has 1 aliphatic heterocycles. The van der Waals surface area contributed by atoms with Gasteiger partial charge >= 0.3 is 0 Å². The van der Waals surface area contributed by atoms with Crippen molar-refractivity contribution in [2.24, 2.45) is 0 Å². The van der Waals surface area contributed by atoms with Gasteiger partial charge in [0.05, 0.1) is 0 Å². The Labute approximate surface area is 93.7 Å². The van der Waals surface area contributed by atoms with Crippen LogP contribution < -0.4 is 5.32 Å². The highest BCUT2D eigenvalue weighted by Crippen LogP contribution is 2.18. The first-order valence-corrected chi connectivity index (χ1v) is 6.38. The van der Waals surface area contributed by atoms with Crippen LogP contribution >= 0.6 is 0 Å². The predicted molar refractivity (Wildman–Crippen MR) is 65.0 cm³/mol. The molecular weight excluding hydrogens is 184 g/mol. The zero-order chi connectivity index (χ0) is 10.7. The van der Waals surface area contributed by atoms with Crippen molar-refractivity contribution in [2.75, 3.05) is 13.6 Å². The maximum Gasteiger partial charge on any atom is 0.0252 e. The molecule has 2 heteroatoms. The molecule has 1 heterocycles. The third-order valence-corrected chi connectivity index (χ3v) is 3.91. The minimum atomic E-state index is 0.652. The van der Waals surface area contributed by atoms with Crippen molar-refractivity contribution < 1.29 is 0 Å². The molecule has 2 aliphatic rings. The molecule has 1 fully saturated rings. The van der Waals surface area contributed by atoms with Crippen molar-refractivity contribution in [1.82, 2.24) is 10.2 Å². The summed E-state index contributed by atoms with van der Waals surface area (Å²) >= 11 is 0. The second-order valence-electron chi connectivity index (χ2n) is 5.18. The van der Waals surface area contributed by atoms with Crippen LogP contribution in [0, 0.1) is 0 Å². The normalized spacial score (nSPS) is 38.1. The summed E-state index contributed by atoms with van der Waals surface area (Å²) in [6.07, 6.45) is 11.3. The Morgan fingerprint density at radius 3 is 2.87 bits per heavy atom. The Morgan fingerprint density at radius 1 is 1.33 bits per heavy atom. The maximum atomic E-state index is 3.80. The van der Waals surface area contributed by atoms with Gasteiger partial charge in [0.1, 0.15) is 0 Å². The Balaban J connectivity index is 1.79. The van der Waals surface area contributed by atoms with Gasteiger partial charge in [-0.3, -0.25) is 0 Å². The van der Waals surface area contributed by atoms with E-state index in [1.165, 1.54) is 38.6 Å². The Kier molecular flexibility index (Phi) is 3.81. The molecular formula is C13H24N2. The highest BCUT2D eigenvalue weighted by Gasteiger charge is 2.24. The molecule has 86 valence electrons. The largest absolute Gasteiger partial charge is 0.308 e. The van der Waals surface area contributed by atoms with E-state index in [1.54, 1.807) is 0 Å². The van der Waals surface area contributed by atoms with Crippen molar-refractivity contribution in [3.63, 3.8) is 0 Å². The standard InChI is InChI=1S/C13H24N2/c1-11-10-13(8-9-15(11)2)14-12-6-4-3-5-7-12/h4,6,11-14H,3,5,7-10H2,1-2H3. The van der Waals surface area contributed by atoms with Gasteiger partial charge in [0.2, 0.25) is 0 Å². The van der Waals surface area contributed by atoms with Crippen molar-refractivity contribution in [2.45, 2.75) is 57.2 Å². The van der Waals surface area contributed by atoms with Crippen LogP contribution in [0.15, 0.2) is 12.2 Å². The molecule has 0 amide bonds. The van der Waals surface area contributed by atoms with E-state index in [0.29, 0.717) is 6.04 Å². The van der Waals surface area contributed by atoms with Crippen LogP contribution in [-0.4, -0.2) is 36.6 Å². The third-order valence-electron chi connectivity index (χ3n) is 3.91. The van der Waals surface area contributed by atoms with E-state index in [1.807, 2.05) is 0 Å². The van der Waals surface area contributed by atoms with Crippen LogP contribution in [0.25, 0.3) is 0 Å². The third kappa shape index (κ3) is 3.05. The highest BCUT2D eigenvalue weighted by atomic mass is 15.1. The van der Waals surface area contributed by atoms with Gasteiger partial charge < -0.3 is 10.2 Å². The van der Waals surface area contributed by atoms with E-state index >= 15 is 0 Å². The van der Waals surface area contributed by atoms with Gasteiger partial charge in [-0.1, -0.05) is 12.2 Å².